The van der Waals surface area contributed by atoms with Gasteiger partial charge < -0.3 is 10.2 Å². The number of hydrogen-bond donors (Lipinski definition) is 1. The highest BCUT2D eigenvalue weighted by Crippen LogP contribution is 2.22. The molecule has 1 aliphatic rings. The zero-order valence-electron chi connectivity index (χ0n) is 10.4. The first-order chi connectivity index (χ1) is 7.68. The van der Waals surface area contributed by atoms with Crippen molar-refractivity contribution in [1.29, 1.82) is 0 Å². The fourth-order valence-corrected chi connectivity index (χ4v) is 1.67. The molecule has 88 valence electrons. The van der Waals surface area contributed by atoms with Gasteiger partial charge in [0.1, 0.15) is 5.82 Å². The van der Waals surface area contributed by atoms with Crippen LogP contribution in [0.2, 0.25) is 0 Å². The summed E-state index contributed by atoms with van der Waals surface area (Å²) in [5, 5.41) is 3.54. The lowest BCUT2D eigenvalue weighted by atomic mass is 10.2. The second kappa shape index (κ2) is 4.83. The van der Waals surface area contributed by atoms with Gasteiger partial charge in [-0.25, -0.2) is 4.98 Å². The van der Waals surface area contributed by atoms with Crippen LogP contribution in [0, 0.1) is 0 Å². The van der Waals surface area contributed by atoms with E-state index in [9.17, 15) is 0 Å². The molecule has 1 aromatic rings. The van der Waals surface area contributed by atoms with Gasteiger partial charge in [-0.05, 0) is 32.8 Å². The molecule has 2 rings (SSSR count). The van der Waals surface area contributed by atoms with E-state index in [2.05, 4.69) is 42.2 Å². The molecule has 0 saturated heterocycles. The maximum Gasteiger partial charge on any atom is 0.132 e. The van der Waals surface area contributed by atoms with Crippen LogP contribution in [0.1, 0.15) is 32.3 Å². The summed E-state index contributed by atoms with van der Waals surface area (Å²) in [4.78, 5) is 6.71. The van der Waals surface area contributed by atoms with E-state index in [-0.39, 0.29) is 0 Å². The third-order valence-electron chi connectivity index (χ3n) is 3.13. The molecule has 3 heteroatoms. The number of nitrogens with zero attached hydrogens (tertiary/aromatic N) is 2. The first-order valence-corrected chi connectivity index (χ1v) is 6.08. The van der Waals surface area contributed by atoms with Crippen LogP contribution < -0.4 is 10.2 Å². The molecule has 1 aliphatic carbocycles. The van der Waals surface area contributed by atoms with E-state index in [4.69, 9.17) is 0 Å². The first kappa shape index (κ1) is 11.4. The van der Waals surface area contributed by atoms with Gasteiger partial charge in [0, 0.05) is 37.4 Å². The number of pyridine rings is 1. The van der Waals surface area contributed by atoms with Crippen molar-refractivity contribution >= 4 is 5.82 Å². The molecule has 1 aromatic heterocycles. The van der Waals surface area contributed by atoms with Gasteiger partial charge in [0.25, 0.3) is 0 Å². The molecule has 0 amide bonds. The second-order valence-corrected chi connectivity index (χ2v) is 4.85. The average molecular weight is 219 g/mol. The number of hydrogen-bond acceptors (Lipinski definition) is 3. The SMILES string of the molecule is CC(C)N(C)c1ncccc1CNC1CC1. The van der Waals surface area contributed by atoms with Gasteiger partial charge in [0.15, 0.2) is 0 Å². The smallest absolute Gasteiger partial charge is 0.132 e. The average Bonchev–Trinajstić information content (AvgIpc) is 3.09. The Labute approximate surface area is 97.9 Å². The summed E-state index contributed by atoms with van der Waals surface area (Å²) in [6.45, 7) is 5.31. The number of rotatable bonds is 5. The van der Waals surface area contributed by atoms with Crippen molar-refractivity contribution in [3.05, 3.63) is 23.9 Å². The predicted octanol–water partition coefficient (Wildman–Crippen LogP) is 2.18. The standard InChI is InChI=1S/C13H21N3/c1-10(2)16(3)13-11(5-4-8-14-13)9-15-12-6-7-12/h4-5,8,10,12,15H,6-7,9H2,1-3H3. The maximum atomic E-state index is 4.48. The molecule has 0 atom stereocenters. The van der Waals surface area contributed by atoms with E-state index in [1.165, 1.54) is 18.4 Å². The van der Waals surface area contributed by atoms with E-state index in [0.29, 0.717) is 6.04 Å². The summed E-state index contributed by atoms with van der Waals surface area (Å²) in [7, 11) is 2.10. The van der Waals surface area contributed by atoms with Gasteiger partial charge in [-0.1, -0.05) is 6.07 Å². The van der Waals surface area contributed by atoms with Crippen molar-refractivity contribution in [1.82, 2.24) is 10.3 Å². The van der Waals surface area contributed by atoms with E-state index >= 15 is 0 Å². The zero-order chi connectivity index (χ0) is 11.5. The second-order valence-electron chi connectivity index (χ2n) is 4.85. The Morgan fingerprint density at radius 1 is 1.50 bits per heavy atom. The van der Waals surface area contributed by atoms with Gasteiger partial charge in [0.05, 0.1) is 0 Å². The minimum absolute atomic E-state index is 0.481. The Bertz CT molecular complexity index is 345. The maximum absolute atomic E-state index is 4.48. The molecule has 0 spiro atoms. The molecular weight excluding hydrogens is 198 g/mol. The van der Waals surface area contributed by atoms with Crippen molar-refractivity contribution in [3.8, 4) is 0 Å². The highest BCUT2D eigenvalue weighted by atomic mass is 15.2. The normalized spacial score (nSPS) is 15.5. The summed E-state index contributed by atoms with van der Waals surface area (Å²) in [6, 6.07) is 5.41. The van der Waals surface area contributed by atoms with Crippen molar-refractivity contribution in [2.45, 2.75) is 45.3 Å². The summed E-state index contributed by atoms with van der Waals surface area (Å²) < 4.78 is 0. The molecule has 0 unspecified atom stereocenters. The third kappa shape index (κ3) is 2.73. The zero-order valence-corrected chi connectivity index (χ0v) is 10.4. The van der Waals surface area contributed by atoms with E-state index < -0.39 is 0 Å². The molecule has 1 saturated carbocycles. The van der Waals surface area contributed by atoms with Crippen LogP contribution >= 0.6 is 0 Å². The molecular formula is C13H21N3. The van der Waals surface area contributed by atoms with Crippen molar-refractivity contribution in [2.24, 2.45) is 0 Å². The lowest BCUT2D eigenvalue weighted by Crippen LogP contribution is -2.28. The van der Waals surface area contributed by atoms with Crippen molar-refractivity contribution < 1.29 is 0 Å². The molecule has 0 bridgehead atoms. The van der Waals surface area contributed by atoms with Crippen LogP contribution in [0.25, 0.3) is 0 Å². The number of anilines is 1. The Balaban J connectivity index is 2.08. The van der Waals surface area contributed by atoms with Crippen molar-refractivity contribution in [2.75, 3.05) is 11.9 Å². The highest BCUT2D eigenvalue weighted by Gasteiger charge is 2.21. The number of aromatic nitrogens is 1. The highest BCUT2D eigenvalue weighted by molar-refractivity contribution is 5.46. The molecule has 3 nitrogen and oxygen atoms in total. The summed E-state index contributed by atoms with van der Waals surface area (Å²) >= 11 is 0. The van der Waals surface area contributed by atoms with E-state index in [1.807, 2.05) is 12.3 Å². The number of nitrogens with one attached hydrogen (secondary N) is 1. The molecule has 16 heavy (non-hydrogen) atoms. The lowest BCUT2D eigenvalue weighted by Gasteiger charge is -2.25. The molecule has 1 heterocycles. The van der Waals surface area contributed by atoms with Crippen molar-refractivity contribution in [3.63, 3.8) is 0 Å². The van der Waals surface area contributed by atoms with Gasteiger partial charge in [0.2, 0.25) is 0 Å². The summed E-state index contributed by atoms with van der Waals surface area (Å²) in [5.41, 5.74) is 1.30. The van der Waals surface area contributed by atoms with Gasteiger partial charge in [-0.3, -0.25) is 0 Å². The van der Waals surface area contributed by atoms with Gasteiger partial charge in [-0.15, -0.1) is 0 Å². The van der Waals surface area contributed by atoms with Crippen LogP contribution in [0.5, 0.6) is 0 Å². The fraction of sp³-hybridized carbons (Fsp3) is 0.615. The van der Waals surface area contributed by atoms with Crippen LogP contribution in [0.4, 0.5) is 5.82 Å². The van der Waals surface area contributed by atoms with Gasteiger partial charge >= 0.3 is 0 Å². The Kier molecular flexibility index (Phi) is 3.44. The monoisotopic (exact) mass is 219 g/mol. The first-order valence-electron chi connectivity index (χ1n) is 6.08. The topological polar surface area (TPSA) is 28.2 Å². The van der Waals surface area contributed by atoms with E-state index in [0.717, 1.165) is 18.4 Å². The van der Waals surface area contributed by atoms with Gasteiger partial charge in [-0.2, -0.15) is 0 Å². The third-order valence-corrected chi connectivity index (χ3v) is 3.13. The van der Waals surface area contributed by atoms with Crippen LogP contribution in [0.3, 0.4) is 0 Å². The lowest BCUT2D eigenvalue weighted by molar-refractivity contribution is 0.674. The fourth-order valence-electron chi connectivity index (χ4n) is 1.67. The van der Waals surface area contributed by atoms with Crippen LogP contribution in [-0.2, 0) is 6.54 Å². The summed E-state index contributed by atoms with van der Waals surface area (Å²) in [6.07, 6.45) is 4.53. The minimum Gasteiger partial charge on any atom is -0.357 e. The molecule has 1 N–H and O–H groups in total. The largest absolute Gasteiger partial charge is 0.357 e. The molecule has 0 radical (unpaired) electrons. The van der Waals surface area contributed by atoms with Crippen LogP contribution in [0.15, 0.2) is 18.3 Å². The molecule has 1 fully saturated rings. The Hall–Kier alpha value is -1.09. The quantitative estimate of drug-likeness (QED) is 0.822. The Morgan fingerprint density at radius 3 is 2.88 bits per heavy atom. The Morgan fingerprint density at radius 2 is 2.25 bits per heavy atom. The van der Waals surface area contributed by atoms with E-state index in [1.54, 1.807) is 0 Å². The molecule has 0 aliphatic heterocycles. The minimum atomic E-state index is 0.481. The summed E-state index contributed by atoms with van der Waals surface area (Å²) in [5.74, 6) is 1.10. The molecule has 0 aromatic carbocycles. The predicted molar refractivity (Wildman–Crippen MR) is 67.6 cm³/mol. The van der Waals surface area contributed by atoms with Crippen LogP contribution in [-0.4, -0.2) is 24.1 Å².